The number of amides is 2. The van der Waals surface area contributed by atoms with Crippen LogP contribution in [0.3, 0.4) is 0 Å². The summed E-state index contributed by atoms with van der Waals surface area (Å²) in [5, 5.41) is 10.6. The number of hydrogen-bond acceptors (Lipinski definition) is 8. The van der Waals surface area contributed by atoms with Crippen molar-refractivity contribution in [2.24, 2.45) is 17.4 Å². The maximum Gasteiger partial charge on any atom is 0.305 e. The summed E-state index contributed by atoms with van der Waals surface area (Å²) in [5.41, 5.74) is 13.3. The summed E-state index contributed by atoms with van der Waals surface area (Å²) in [6, 6.07) is 14.3. The normalized spacial score (nSPS) is 14.4. The fourth-order valence-corrected chi connectivity index (χ4v) is 5.51. The highest BCUT2D eigenvalue weighted by Crippen LogP contribution is 2.25. The lowest BCUT2D eigenvalue weighted by atomic mass is 9.91. The van der Waals surface area contributed by atoms with Gasteiger partial charge in [-0.1, -0.05) is 24.3 Å². The van der Waals surface area contributed by atoms with Crippen LogP contribution in [-0.2, 0) is 25.5 Å². The van der Waals surface area contributed by atoms with Gasteiger partial charge in [0.25, 0.3) is 0 Å². The molecule has 216 valence electrons. The van der Waals surface area contributed by atoms with E-state index in [4.69, 9.17) is 21.6 Å². The number of nitrogens with one attached hydrogen (secondary N) is 3. The molecule has 0 aromatic heterocycles. The molecular formula is C29H40N6O4S. The van der Waals surface area contributed by atoms with E-state index in [-0.39, 0.29) is 36.6 Å². The zero-order chi connectivity index (χ0) is 28.9. The summed E-state index contributed by atoms with van der Waals surface area (Å²) >= 11 is 1.34. The minimum atomic E-state index is -0.515. The molecule has 0 spiro atoms. The van der Waals surface area contributed by atoms with Crippen LogP contribution in [0.1, 0.15) is 49.7 Å². The third kappa shape index (κ3) is 9.96. The SMILES string of the molecule is COC(=O)CCCC1CCN(C(=O)[C@H](Cc2cccc(C(=N)N)c2)NSc2cccc(NC(=O)CCN)c2)CC1. The monoisotopic (exact) mass is 568 g/mol. The molecule has 0 unspecified atom stereocenters. The number of nitrogen functional groups attached to an aromatic ring is 1. The first-order valence-corrected chi connectivity index (χ1v) is 14.4. The minimum absolute atomic E-state index is 0.0149. The molecule has 0 aliphatic carbocycles. The number of benzene rings is 2. The van der Waals surface area contributed by atoms with Gasteiger partial charge >= 0.3 is 5.97 Å². The van der Waals surface area contributed by atoms with Crippen molar-refractivity contribution < 1.29 is 19.1 Å². The van der Waals surface area contributed by atoms with Gasteiger partial charge in [0.2, 0.25) is 11.8 Å². The number of rotatable bonds is 14. The summed E-state index contributed by atoms with van der Waals surface area (Å²) in [6.07, 6.45) is 4.64. The van der Waals surface area contributed by atoms with Crippen LogP contribution in [0.15, 0.2) is 53.4 Å². The van der Waals surface area contributed by atoms with Gasteiger partial charge in [-0.25, -0.2) is 4.72 Å². The number of methoxy groups -OCH3 is 1. The van der Waals surface area contributed by atoms with E-state index in [0.29, 0.717) is 43.1 Å². The first kappa shape index (κ1) is 31.1. The molecule has 1 heterocycles. The lowest BCUT2D eigenvalue weighted by Gasteiger charge is -2.34. The first-order chi connectivity index (χ1) is 19.3. The number of esters is 1. The highest BCUT2D eigenvalue weighted by Gasteiger charge is 2.29. The molecule has 11 heteroatoms. The number of amidine groups is 1. The van der Waals surface area contributed by atoms with Crippen LogP contribution in [0.2, 0.25) is 0 Å². The predicted molar refractivity (Wildman–Crippen MR) is 158 cm³/mol. The largest absolute Gasteiger partial charge is 0.469 e. The van der Waals surface area contributed by atoms with E-state index >= 15 is 0 Å². The van der Waals surface area contributed by atoms with Crippen LogP contribution >= 0.6 is 11.9 Å². The number of nitrogens with zero attached hydrogens (tertiary/aromatic N) is 1. The number of piperidine rings is 1. The Hall–Kier alpha value is -3.41. The summed E-state index contributed by atoms with van der Waals surface area (Å²) in [7, 11) is 1.41. The van der Waals surface area contributed by atoms with Crippen molar-refractivity contribution in [3.8, 4) is 0 Å². The lowest BCUT2D eigenvalue weighted by Crippen LogP contribution is -2.48. The average molecular weight is 569 g/mol. The number of anilines is 1. The van der Waals surface area contributed by atoms with Crippen molar-refractivity contribution >= 4 is 41.3 Å². The van der Waals surface area contributed by atoms with Gasteiger partial charge < -0.3 is 26.4 Å². The van der Waals surface area contributed by atoms with E-state index in [1.165, 1.54) is 19.1 Å². The van der Waals surface area contributed by atoms with Crippen LogP contribution in [-0.4, -0.2) is 61.3 Å². The van der Waals surface area contributed by atoms with Crippen LogP contribution < -0.4 is 21.5 Å². The van der Waals surface area contributed by atoms with Gasteiger partial charge in [-0.15, -0.1) is 0 Å². The molecule has 1 aliphatic rings. The van der Waals surface area contributed by atoms with Crippen molar-refractivity contribution in [2.75, 3.05) is 32.1 Å². The Morgan fingerprint density at radius 1 is 1.12 bits per heavy atom. The van der Waals surface area contributed by atoms with Crippen molar-refractivity contribution in [1.29, 1.82) is 5.41 Å². The molecule has 2 amide bonds. The fourth-order valence-electron chi connectivity index (χ4n) is 4.71. The molecule has 7 N–H and O–H groups in total. The molecule has 0 saturated carbocycles. The van der Waals surface area contributed by atoms with Crippen molar-refractivity contribution in [1.82, 2.24) is 9.62 Å². The summed E-state index contributed by atoms with van der Waals surface area (Å²) in [6.45, 7) is 1.61. The van der Waals surface area contributed by atoms with Gasteiger partial charge in [0.05, 0.1) is 7.11 Å². The second kappa shape index (κ2) is 16.0. The third-order valence-electron chi connectivity index (χ3n) is 6.93. The molecule has 1 saturated heterocycles. The molecule has 40 heavy (non-hydrogen) atoms. The van der Waals surface area contributed by atoms with Crippen molar-refractivity contribution in [2.45, 2.75) is 55.9 Å². The van der Waals surface area contributed by atoms with Gasteiger partial charge in [0, 0.05) is 48.6 Å². The first-order valence-electron chi connectivity index (χ1n) is 13.6. The van der Waals surface area contributed by atoms with Gasteiger partial charge in [-0.3, -0.25) is 19.8 Å². The predicted octanol–water partition coefficient (Wildman–Crippen LogP) is 3.05. The van der Waals surface area contributed by atoms with Crippen LogP contribution in [0.25, 0.3) is 0 Å². The standard InChI is InChI=1S/C29H40N6O4S/c1-39-27(37)10-3-5-20-12-15-35(16-13-20)29(38)25(18-21-6-2-7-22(17-21)28(31)32)34-40-24-9-4-8-23(19-24)33-26(36)11-14-30/h2,4,6-9,17,19-20,25,34H,3,5,10-16,18,30H2,1H3,(H3,31,32)(H,33,36)/t25-/m0/s1. The van der Waals surface area contributed by atoms with Gasteiger partial charge in [-0.2, -0.15) is 0 Å². The van der Waals surface area contributed by atoms with E-state index in [9.17, 15) is 14.4 Å². The van der Waals surface area contributed by atoms with Crippen LogP contribution in [0.5, 0.6) is 0 Å². The summed E-state index contributed by atoms with van der Waals surface area (Å²) in [5.74, 6) is 0.149. The number of hydrogen-bond donors (Lipinski definition) is 5. The quantitative estimate of drug-likeness (QED) is 0.100. The maximum atomic E-state index is 13.7. The Morgan fingerprint density at radius 2 is 1.88 bits per heavy atom. The average Bonchev–Trinajstić information content (AvgIpc) is 2.95. The highest BCUT2D eigenvalue weighted by molar-refractivity contribution is 7.97. The second-order valence-corrected chi connectivity index (χ2v) is 10.9. The molecular weight excluding hydrogens is 528 g/mol. The molecule has 2 aromatic rings. The van der Waals surface area contributed by atoms with Gasteiger partial charge in [0.15, 0.2) is 0 Å². The fraction of sp³-hybridized carbons (Fsp3) is 0.448. The Labute approximate surface area is 240 Å². The van der Waals surface area contributed by atoms with Crippen molar-refractivity contribution in [3.63, 3.8) is 0 Å². The van der Waals surface area contributed by atoms with Crippen molar-refractivity contribution in [3.05, 3.63) is 59.7 Å². The van der Waals surface area contributed by atoms with E-state index in [2.05, 4.69) is 10.0 Å². The zero-order valence-electron chi connectivity index (χ0n) is 23.0. The second-order valence-electron chi connectivity index (χ2n) is 9.94. The number of nitrogens with two attached hydrogens (primary N) is 2. The minimum Gasteiger partial charge on any atom is -0.469 e. The number of ether oxygens (including phenoxy) is 1. The molecule has 0 radical (unpaired) electrons. The third-order valence-corrected chi connectivity index (χ3v) is 7.82. The molecule has 1 aliphatic heterocycles. The van der Waals surface area contributed by atoms with Crippen LogP contribution in [0, 0.1) is 11.3 Å². The highest BCUT2D eigenvalue weighted by atomic mass is 32.2. The van der Waals surface area contributed by atoms with E-state index < -0.39 is 6.04 Å². The molecule has 10 nitrogen and oxygen atoms in total. The van der Waals surface area contributed by atoms with E-state index in [1.807, 2.05) is 47.4 Å². The Morgan fingerprint density at radius 3 is 2.58 bits per heavy atom. The Bertz CT molecular complexity index is 1170. The molecule has 2 aromatic carbocycles. The smallest absolute Gasteiger partial charge is 0.305 e. The van der Waals surface area contributed by atoms with Gasteiger partial charge in [-0.05, 0) is 79.8 Å². The molecule has 3 rings (SSSR count). The topological polar surface area (TPSA) is 164 Å². The maximum absolute atomic E-state index is 13.7. The molecule has 1 fully saturated rings. The summed E-state index contributed by atoms with van der Waals surface area (Å²) in [4.78, 5) is 39.8. The Kier molecular flexibility index (Phi) is 12.4. The number of carbonyl (C=O) groups excluding carboxylic acids is 3. The number of carbonyl (C=O) groups is 3. The molecule has 1 atom stereocenters. The molecule has 0 bridgehead atoms. The lowest BCUT2D eigenvalue weighted by molar-refractivity contribution is -0.140. The van der Waals surface area contributed by atoms with E-state index in [1.54, 1.807) is 6.07 Å². The summed E-state index contributed by atoms with van der Waals surface area (Å²) < 4.78 is 8.09. The zero-order valence-corrected chi connectivity index (χ0v) is 23.8. The number of likely N-dealkylation sites (tertiary alicyclic amines) is 1. The van der Waals surface area contributed by atoms with Crippen LogP contribution in [0.4, 0.5) is 5.69 Å². The van der Waals surface area contributed by atoms with Gasteiger partial charge in [0.1, 0.15) is 11.9 Å². The Balaban J connectivity index is 1.66. The van der Waals surface area contributed by atoms with E-state index in [0.717, 1.165) is 36.1 Å².